The molecule has 6 nitrogen and oxygen atoms in total. The van der Waals surface area contributed by atoms with Gasteiger partial charge in [0.15, 0.2) is 0 Å². The molecule has 106 valence electrons. The highest BCUT2D eigenvalue weighted by Gasteiger charge is 2.18. The summed E-state index contributed by atoms with van der Waals surface area (Å²) < 4.78 is 5.08. The van der Waals surface area contributed by atoms with E-state index in [1.807, 2.05) is 6.07 Å². The van der Waals surface area contributed by atoms with E-state index in [0.29, 0.717) is 5.56 Å². The second kappa shape index (κ2) is 6.41. The van der Waals surface area contributed by atoms with Crippen LogP contribution in [0.4, 0.5) is 4.79 Å². The van der Waals surface area contributed by atoms with E-state index in [1.54, 1.807) is 26.8 Å². The lowest BCUT2D eigenvalue weighted by Gasteiger charge is -2.19. The number of hydrogen-bond acceptors (Lipinski definition) is 5. The zero-order chi connectivity index (χ0) is 15.3. The van der Waals surface area contributed by atoms with Gasteiger partial charge >= 0.3 is 13.2 Å². The van der Waals surface area contributed by atoms with Crippen LogP contribution in [0.25, 0.3) is 0 Å². The van der Waals surface area contributed by atoms with Crippen molar-refractivity contribution in [3.8, 4) is 6.07 Å². The number of alkyl carbamates (subject to hydrolysis) is 1. The van der Waals surface area contributed by atoms with Gasteiger partial charge in [0.05, 0.1) is 11.6 Å². The Labute approximate surface area is 118 Å². The fourth-order valence-electron chi connectivity index (χ4n) is 1.52. The van der Waals surface area contributed by atoms with Crippen LogP contribution in [0.5, 0.6) is 0 Å². The van der Waals surface area contributed by atoms with Gasteiger partial charge in [-0.1, -0.05) is 12.1 Å². The molecule has 1 rings (SSSR count). The van der Waals surface area contributed by atoms with Crippen molar-refractivity contribution in [3.63, 3.8) is 0 Å². The number of ether oxygens (including phenoxy) is 1. The third-order valence-corrected chi connectivity index (χ3v) is 2.35. The van der Waals surface area contributed by atoms with Crippen molar-refractivity contribution in [2.75, 3.05) is 0 Å². The van der Waals surface area contributed by atoms with Gasteiger partial charge in [0.25, 0.3) is 0 Å². The Balaban J connectivity index is 2.71. The van der Waals surface area contributed by atoms with Crippen molar-refractivity contribution in [2.45, 2.75) is 32.9 Å². The summed E-state index contributed by atoms with van der Waals surface area (Å²) in [5.41, 5.74) is 0.376. The largest absolute Gasteiger partial charge is 0.489 e. The Hall–Kier alpha value is -2.04. The van der Waals surface area contributed by atoms with E-state index in [4.69, 9.17) is 20.0 Å². The molecular weight excluding hydrogens is 259 g/mol. The summed E-state index contributed by atoms with van der Waals surface area (Å²) >= 11 is 0. The predicted octanol–water partition coefficient (Wildman–Crippen LogP) is 0.263. The van der Waals surface area contributed by atoms with Crippen molar-refractivity contribution in [2.24, 2.45) is 0 Å². The Morgan fingerprint density at radius 1 is 1.45 bits per heavy atom. The Morgan fingerprint density at radius 3 is 2.60 bits per heavy atom. The van der Waals surface area contributed by atoms with Crippen molar-refractivity contribution in [3.05, 3.63) is 29.3 Å². The first-order valence-electron chi connectivity index (χ1n) is 6.09. The highest BCUT2D eigenvalue weighted by molar-refractivity contribution is 6.59. The first kappa shape index (κ1) is 16.0. The molecule has 0 saturated heterocycles. The molecule has 0 aliphatic heterocycles. The maximum atomic E-state index is 11.5. The monoisotopic (exact) mass is 276 g/mol. The van der Waals surface area contributed by atoms with Crippen LogP contribution in [0.3, 0.4) is 0 Å². The lowest BCUT2D eigenvalue weighted by Crippen LogP contribution is -2.33. The molecule has 1 aromatic rings. The number of hydrogen-bond donors (Lipinski definition) is 3. The van der Waals surface area contributed by atoms with Crippen LogP contribution in [-0.2, 0) is 11.3 Å². The van der Waals surface area contributed by atoms with Crippen molar-refractivity contribution in [1.29, 1.82) is 5.26 Å². The average molecular weight is 276 g/mol. The van der Waals surface area contributed by atoms with Gasteiger partial charge in [-0.2, -0.15) is 5.26 Å². The molecule has 0 spiro atoms. The quantitative estimate of drug-likeness (QED) is 0.687. The molecule has 0 aliphatic rings. The minimum Gasteiger partial charge on any atom is -0.444 e. The van der Waals surface area contributed by atoms with Crippen LogP contribution < -0.4 is 10.8 Å². The van der Waals surface area contributed by atoms with Crippen molar-refractivity contribution in [1.82, 2.24) is 5.32 Å². The Kier molecular flexibility index (Phi) is 5.14. The normalized spacial score (nSPS) is 10.6. The molecule has 3 N–H and O–H groups in total. The summed E-state index contributed by atoms with van der Waals surface area (Å²) in [6, 6.07) is 6.42. The molecule has 0 fully saturated rings. The number of carbonyl (C=O) groups excluding carboxylic acids is 1. The summed E-state index contributed by atoms with van der Waals surface area (Å²) in [6.45, 7) is 5.47. The summed E-state index contributed by atoms with van der Waals surface area (Å²) in [5.74, 6) is 0. The van der Waals surface area contributed by atoms with Gasteiger partial charge in [-0.3, -0.25) is 0 Å². The number of benzene rings is 1. The van der Waals surface area contributed by atoms with Gasteiger partial charge in [0.2, 0.25) is 0 Å². The Morgan fingerprint density at radius 2 is 2.10 bits per heavy atom. The van der Waals surface area contributed by atoms with E-state index in [2.05, 4.69) is 5.32 Å². The standard InChI is InChI=1S/C13H17BN2O4/c1-13(2,3)20-12(17)16-8-9-4-5-11(14(18)19)10(6-9)7-15/h4-6,18-19H,8H2,1-3H3,(H,16,17). The van der Waals surface area contributed by atoms with Crippen LogP contribution in [0.15, 0.2) is 18.2 Å². The predicted molar refractivity (Wildman–Crippen MR) is 74.1 cm³/mol. The number of nitriles is 1. The van der Waals surface area contributed by atoms with Crippen LogP contribution in [0, 0.1) is 11.3 Å². The summed E-state index contributed by atoms with van der Waals surface area (Å²) in [4.78, 5) is 11.5. The summed E-state index contributed by atoms with van der Waals surface area (Å²) in [6.07, 6.45) is -0.553. The number of amides is 1. The van der Waals surface area contributed by atoms with Gasteiger partial charge in [0.1, 0.15) is 5.60 Å². The van der Waals surface area contributed by atoms with Gasteiger partial charge in [-0.15, -0.1) is 0 Å². The smallest absolute Gasteiger partial charge is 0.444 e. The molecular formula is C13H17BN2O4. The van der Waals surface area contributed by atoms with Gasteiger partial charge < -0.3 is 20.1 Å². The molecule has 0 unspecified atom stereocenters. The van der Waals surface area contributed by atoms with E-state index in [-0.39, 0.29) is 17.6 Å². The first-order chi connectivity index (χ1) is 9.23. The van der Waals surface area contributed by atoms with Crippen LogP contribution in [0.1, 0.15) is 31.9 Å². The fraction of sp³-hybridized carbons (Fsp3) is 0.385. The molecule has 0 heterocycles. The minimum atomic E-state index is -1.70. The number of nitrogens with one attached hydrogen (secondary N) is 1. The van der Waals surface area contributed by atoms with Gasteiger partial charge in [-0.05, 0) is 37.9 Å². The lowest BCUT2D eigenvalue weighted by molar-refractivity contribution is 0.0523. The van der Waals surface area contributed by atoms with E-state index in [1.165, 1.54) is 12.1 Å². The molecule has 0 saturated carbocycles. The second-order valence-corrected chi connectivity index (χ2v) is 5.26. The fourth-order valence-corrected chi connectivity index (χ4v) is 1.52. The van der Waals surface area contributed by atoms with E-state index < -0.39 is 18.8 Å². The van der Waals surface area contributed by atoms with Crippen LogP contribution in [0.2, 0.25) is 0 Å². The molecule has 1 aromatic carbocycles. The highest BCUT2D eigenvalue weighted by atomic mass is 16.6. The molecule has 0 aromatic heterocycles. The number of rotatable bonds is 3. The van der Waals surface area contributed by atoms with E-state index in [0.717, 1.165) is 0 Å². The van der Waals surface area contributed by atoms with E-state index >= 15 is 0 Å². The third kappa shape index (κ3) is 4.92. The molecule has 0 aliphatic carbocycles. The van der Waals surface area contributed by atoms with Crippen molar-refractivity contribution >= 4 is 18.7 Å². The first-order valence-corrected chi connectivity index (χ1v) is 6.09. The molecule has 1 amide bonds. The van der Waals surface area contributed by atoms with Gasteiger partial charge in [-0.25, -0.2) is 4.79 Å². The molecule has 0 bridgehead atoms. The molecule has 0 radical (unpaired) electrons. The third-order valence-electron chi connectivity index (χ3n) is 2.35. The van der Waals surface area contributed by atoms with Crippen LogP contribution >= 0.6 is 0 Å². The minimum absolute atomic E-state index is 0.133. The van der Waals surface area contributed by atoms with E-state index in [9.17, 15) is 4.79 Å². The molecule has 20 heavy (non-hydrogen) atoms. The summed E-state index contributed by atoms with van der Waals surface area (Å²) in [7, 11) is -1.70. The second-order valence-electron chi connectivity index (χ2n) is 5.26. The van der Waals surface area contributed by atoms with Crippen molar-refractivity contribution < 1.29 is 19.6 Å². The van der Waals surface area contributed by atoms with Crippen LogP contribution in [-0.4, -0.2) is 28.9 Å². The van der Waals surface area contributed by atoms with Gasteiger partial charge in [0, 0.05) is 6.54 Å². The average Bonchev–Trinajstić information content (AvgIpc) is 2.33. The number of carbonyl (C=O) groups is 1. The summed E-state index contributed by atoms with van der Waals surface area (Å²) in [5, 5.41) is 29.7. The zero-order valence-corrected chi connectivity index (χ0v) is 11.7. The highest BCUT2D eigenvalue weighted by Crippen LogP contribution is 2.07. The Bertz CT molecular complexity index is 532. The maximum absolute atomic E-state index is 11.5. The zero-order valence-electron chi connectivity index (χ0n) is 11.7. The lowest BCUT2D eigenvalue weighted by atomic mass is 9.77. The maximum Gasteiger partial charge on any atom is 0.489 e. The number of nitrogens with zero attached hydrogens (tertiary/aromatic N) is 1. The SMILES string of the molecule is CC(C)(C)OC(=O)NCc1ccc(B(O)O)c(C#N)c1. The topological polar surface area (TPSA) is 103 Å². The molecule has 0 atom stereocenters. The molecule has 7 heteroatoms.